The van der Waals surface area contributed by atoms with Gasteiger partial charge < -0.3 is 20.1 Å². The number of piperidine rings is 1. The Hall–Kier alpha value is -1.46. The molecule has 2 rings (SSSR count). The number of halogens is 1. The second-order valence-electron chi connectivity index (χ2n) is 5.70. The van der Waals surface area contributed by atoms with E-state index in [1.54, 1.807) is 12.1 Å². The largest absolute Gasteiger partial charge is 0.490 e. The zero-order chi connectivity index (χ0) is 16.8. The van der Waals surface area contributed by atoms with Gasteiger partial charge in [0.1, 0.15) is 0 Å². The van der Waals surface area contributed by atoms with Crippen LogP contribution in [-0.2, 0) is 0 Å². The van der Waals surface area contributed by atoms with Crippen LogP contribution in [0.5, 0.6) is 11.5 Å². The van der Waals surface area contributed by atoms with Crippen molar-refractivity contribution in [1.82, 2.24) is 4.90 Å². The van der Waals surface area contributed by atoms with Gasteiger partial charge in [-0.2, -0.15) is 0 Å². The highest BCUT2D eigenvalue weighted by Crippen LogP contribution is 2.37. The molecular formula is C17H25ClN2O3. The predicted molar refractivity (Wildman–Crippen MR) is 91.5 cm³/mol. The van der Waals surface area contributed by atoms with Gasteiger partial charge in [-0.05, 0) is 38.3 Å². The van der Waals surface area contributed by atoms with Crippen LogP contribution in [0.3, 0.4) is 0 Å². The van der Waals surface area contributed by atoms with E-state index in [-0.39, 0.29) is 11.9 Å². The van der Waals surface area contributed by atoms with Gasteiger partial charge >= 0.3 is 0 Å². The average molecular weight is 341 g/mol. The number of hydrogen-bond donors (Lipinski definition) is 1. The summed E-state index contributed by atoms with van der Waals surface area (Å²) < 4.78 is 11.3. The molecule has 0 radical (unpaired) electrons. The average Bonchev–Trinajstić information content (AvgIpc) is 2.54. The molecule has 23 heavy (non-hydrogen) atoms. The molecule has 0 spiro atoms. The Morgan fingerprint density at radius 2 is 2.00 bits per heavy atom. The fourth-order valence-corrected chi connectivity index (χ4v) is 2.85. The molecule has 1 fully saturated rings. The first kappa shape index (κ1) is 17.9. The van der Waals surface area contributed by atoms with E-state index in [0.717, 1.165) is 19.3 Å². The topological polar surface area (TPSA) is 64.8 Å². The number of ether oxygens (including phenoxy) is 2. The van der Waals surface area contributed by atoms with E-state index in [9.17, 15) is 4.79 Å². The van der Waals surface area contributed by atoms with Gasteiger partial charge in [-0.3, -0.25) is 4.79 Å². The van der Waals surface area contributed by atoms with Gasteiger partial charge in [-0.25, -0.2) is 0 Å². The Balaban J connectivity index is 2.23. The molecule has 6 heteroatoms. The van der Waals surface area contributed by atoms with Crippen molar-refractivity contribution < 1.29 is 14.3 Å². The number of nitrogens with two attached hydrogens (primary N) is 1. The van der Waals surface area contributed by atoms with Gasteiger partial charge in [0.15, 0.2) is 11.5 Å². The van der Waals surface area contributed by atoms with Crippen LogP contribution < -0.4 is 15.2 Å². The van der Waals surface area contributed by atoms with E-state index in [1.807, 2.05) is 18.7 Å². The maximum Gasteiger partial charge on any atom is 0.254 e. The predicted octanol–water partition coefficient (Wildman–Crippen LogP) is 3.09. The Morgan fingerprint density at radius 1 is 1.30 bits per heavy atom. The first-order chi connectivity index (χ1) is 11.1. The summed E-state index contributed by atoms with van der Waals surface area (Å²) in [7, 11) is 0. The Labute approximate surface area is 142 Å². The highest BCUT2D eigenvalue weighted by molar-refractivity contribution is 6.32. The summed E-state index contributed by atoms with van der Waals surface area (Å²) in [6.45, 7) is 6.29. The zero-order valence-corrected chi connectivity index (χ0v) is 14.6. The molecular weight excluding hydrogens is 316 g/mol. The molecule has 1 aliphatic rings. The summed E-state index contributed by atoms with van der Waals surface area (Å²) in [6, 6.07) is 3.56. The van der Waals surface area contributed by atoms with Gasteiger partial charge in [0, 0.05) is 24.7 Å². The van der Waals surface area contributed by atoms with Crippen molar-refractivity contribution in [2.45, 2.75) is 39.2 Å². The molecule has 0 saturated carbocycles. The van der Waals surface area contributed by atoms with Gasteiger partial charge in [0.05, 0.1) is 18.2 Å². The molecule has 0 atom stereocenters. The standard InChI is InChI=1S/C17H25ClN2O3/c1-3-9-23-16-14(18)10-12(11-15(16)22-4-2)17(21)20-7-5-13(19)6-8-20/h10-11,13H,3-9,19H2,1-2H3. The molecule has 0 unspecified atom stereocenters. The lowest BCUT2D eigenvalue weighted by molar-refractivity contribution is 0.0714. The number of carbonyl (C=O) groups excluding carboxylic acids is 1. The second kappa shape index (κ2) is 8.41. The van der Waals surface area contributed by atoms with Gasteiger partial charge in [0.2, 0.25) is 0 Å². The molecule has 1 saturated heterocycles. The summed E-state index contributed by atoms with van der Waals surface area (Å²) in [5.74, 6) is 0.986. The molecule has 1 aliphatic heterocycles. The molecule has 1 heterocycles. The van der Waals surface area contributed by atoms with E-state index >= 15 is 0 Å². The molecule has 1 aromatic carbocycles. The van der Waals surface area contributed by atoms with Crippen LogP contribution >= 0.6 is 11.6 Å². The highest BCUT2D eigenvalue weighted by Gasteiger charge is 2.24. The molecule has 0 bridgehead atoms. The Kier molecular flexibility index (Phi) is 6.54. The van der Waals surface area contributed by atoms with Crippen molar-refractivity contribution >= 4 is 17.5 Å². The summed E-state index contributed by atoms with van der Waals surface area (Å²) in [5, 5.41) is 0.404. The van der Waals surface area contributed by atoms with Crippen molar-refractivity contribution in [2.75, 3.05) is 26.3 Å². The minimum absolute atomic E-state index is 0.0400. The van der Waals surface area contributed by atoms with Crippen molar-refractivity contribution in [3.05, 3.63) is 22.7 Å². The number of hydrogen-bond acceptors (Lipinski definition) is 4. The summed E-state index contributed by atoms with van der Waals surface area (Å²) in [4.78, 5) is 14.5. The summed E-state index contributed by atoms with van der Waals surface area (Å²) in [5.41, 5.74) is 6.42. The first-order valence-electron chi connectivity index (χ1n) is 8.20. The Bertz CT molecular complexity index is 543. The third-order valence-electron chi connectivity index (χ3n) is 3.83. The maximum atomic E-state index is 12.7. The number of likely N-dealkylation sites (tertiary alicyclic amines) is 1. The SMILES string of the molecule is CCCOc1c(Cl)cc(C(=O)N2CCC(N)CC2)cc1OCC. The Morgan fingerprint density at radius 3 is 2.61 bits per heavy atom. The van der Waals surface area contributed by atoms with Crippen LogP contribution in [0, 0.1) is 0 Å². The molecule has 5 nitrogen and oxygen atoms in total. The zero-order valence-electron chi connectivity index (χ0n) is 13.8. The molecule has 0 aromatic heterocycles. The number of rotatable bonds is 6. The molecule has 1 amide bonds. The van der Waals surface area contributed by atoms with Crippen LogP contribution in [0.1, 0.15) is 43.5 Å². The lowest BCUT2D eigenvalue weighted by Gasteiger charge is -2.30. The minimum atomic E-state index is -0.0400. The summed E-state index contributed by atoms with van der Waals surface area (Å²) >= 11 is 6.32. The van der Waals surface area contributed by atoms with Gasteiger partial charge in [-0.1, -0.05) is 18.5 Å². The van der Waals surface area contributed by atoms with Crippen LogP contribution in [0.25, 0.3) is 0 Å². The highest BCUT2D eigenvalue weighted by atomic mass is 35.5. The van der Waals surface area contributed by atoms with Crippen LogP contribution in [0.15, 0.2) is 12.1 Å². The lowest BCUT2D eigenvalue weighted by Crippen LogP contribution is -2.42. The normalized spacial score (nSPS) is 15.6. The molecule has 2 N–H and O–H groups in total. The summed E-state index contributed by atoms with van der Waals surface area (Å²) in [6.07, 6.45) is 2.53. The molecule has 0 aliphatic carbocycles. The van der Waals surface area contributed by atoms with E-state index < -0.39 is 0 Å². The fraction of sp³-hybridized carbons (Fsp3) is 0.588. The van der Waals surface area contributed by atoms with E-state index in [0.29, 0.717) is 48.4 Å². The third-order valence-corrected chi connectivity index (χ3v) is 4.11. The maximum absolute atomic E-state index is 12.7. The monoisotopic (exact) mass is 340 g/mol. The van der Waals surface area contributed by atoms with Gasteiger partial charge in [-0.15, -0.1) is 0 Å². The van der Waals surface area contributed by atoms with Crippen LogP contribution in [0.4, 0.5) is 0 Å². The quantitative estimate of drug-likeness (QED) is 0.864. The fourth-order valence-electron chi connectivity index (χ4n) is 2.58. The van der Waals surface area contributed by atoms with Crippen molar-refractivity contribution in [2.24, 2.45) is 5.73 Å². The number of amides is 1. The first-order valence-corrected chi connectivity index (χ1v) is 8.58. The van der Waals surface area contributed by atoms with Crippen LogP contribution in [-0.4, -0.2) is 43.2 Å². The van der Waals surface area contributed by atoms with E-state index in [1.165, 1.54) is 0 Å². The third kappa shape index (κ3) is 4.52. The lowest BCUT2D eigenvalue weighted by atomic mass is 10.0. The van der Waals surface area contributed by atoms with Crippen molar-refractivity contribution in [3.8, 4) is 11.5 Å². The van der Waals surface area contributed by atoms with E-state index in [4.69, 9.17) is 26.8 Å². The smallest absolute Gasteiger partial charge is 0.254 e. The number of nitrogens with zero attached hydrogens (tertiary/aromatic N) is 1. The van der Waals surface area contributed by atoms with Crippen molar-refractivity contribution in [3.63, 3.8) is 0 Å². The number of benzene rings is 1. The molecule has 128 valence electrons. The van der Waals surface area contributed by atoms with E-state index in [2.05, 4.69) is 0 Å². The molecule has 1 aromatic rings. The second-order valence-corrected chi connectivity index (χ2v) is 6.10. The van der Waals surface area contributed by atoms with Crippen LogP contribution in [0.2, 0.25) is 5.02 Å². The minimum Gasteiger partial charge on any atom is -0.490 e. The number of carbonyl (C=O) groups is 1. The van der Waals surface area contributed by atoms with Crippen molar-refractivity contribution in [1.29, 1.82) is 0 Å². The van der Waals surface area contributed by atoms with Gasteiger partial charge in [0.25, 0.3) is 5.91 Å².